The Morgan fingerprint density at radius 1 is 0.707 bits per heavy atom. The van der Waals surface area contributed by atoms with Crippen LogP contribution in [0.1, 0.15) is 26.4 Å². The second kappa shape index (κ2) is 11.3. The van der Waals surface area contributed by atoms with Crippen molar-refractivity contribution in [3.8, 4) is 16.9 Å². The first-order valence-electron chi connectivity index (χ1n) is 12.2. The number of aromatic nitrogens is 2. The highest BCUT2D eigenvalue weighted by atomic mass is 16.6. The standard InChI is InChI=1S/C29H20N6O6/c36-28(20-9-5-2-6-10-20)25-26(29(37)31-30-21-11-13-23(14-12-21)34(38)39)32-33(27(25)19-7-3-1-4-8-19)22-15-17-24(18-16-22)35(40)41/h1-18,30H,(H,31,37). The minimum atomic E-state index is -0.750. The zero-order valence-electron chi connectivity index (χ0n) is 21.1. The van der Waals surface area contributed by atoms with Crippen molar-refractivity contribution in [1.29, 1.82) is 0 Å². The number of amides is 1. The zero-order chi connectivity index (χ0) is 28.9. The molecule has 0 unspecified atom stereocenters. The van der Waals surface area contributed by atoms with Crippen LogP contribution in [0.25, 0.3) is 16.9 Å². The number of ketones is 1. The summed E-state index contributed by atoms with van der Waals surface area (Å²) in [6.45, 7) is 0. The number of nitrogens with zero attached hydrogens (tertiary/aromatic N) is 4. The fraction of sp³-hybridized carbons (Fsp3) is 0. The Hall–Kier alpha value is -6.17. The first-order valence-corrected chi connectivity index (χ1v) is 12.2. The van der Waals surface area contributed by atoms with Crippen LogP contribution in [0.4, 0.5) is 17.1 Å². The summed E-state index contributed by atoms with van der Waals surface area (Å²) in [5.74, 6) is -1.21. The van der Waals surface area contributed by atoms with Gasteiger partial charge >= 0.3 is 0 Å². The van der Waals surface area contributed by atoms with Crippen molar-refractivity contribution in [3.63, 3.8) is 0 Å². The maximum atomic E-state index is 13.9. The molecular weight excluding hydrogens is 528 g/mol. The molecule has 41 heavy (non-hydrogen) atoms. The highest BCUT2D eigenvalue weighted by molar-refractivity contribution is 6.18. The molecule has 4 aromatic carbocycles. The average Bonchev–Trinajstić information content (AvgIpc) is 3.41. The predicted molar refractivity (Wildman–Crippen MR) is 150 cm³/mol. The number of non-ortho nitro benzene ring substituents is 2. The lowest BCUT2D eigenvalue weighted by Crippen LogP contribution is -2.31. The summed E-state index contributed by atoms with van der Waals surface area (Å²) in [5.41, 5.74) is 6.72. The molecule has 0 saturated heterocycles. The Bertz CT molecular complexity index is 1750. The highest BCUT2D eigenvalue weighted by Gasteiger charge is 2.30. The topological polar surface area (TPSA) is 162 Å². The van der Waals surface area contributed by atoms with Crippen LogP contribution in [0, 0.1) is 20.2 Å². The maximum absolute atomic E-state index is 13.9. The van der Waals surface area contributed by atoms with E-state index < -0.39 is 21.5 Å². The van der Waals surface area contributed by atoms with E-state index >= 15 is 0 Å². The van der Waals surface area contributed by atoms with Crippen LogP contribution in [0.15, 0.2) is 109 Å². The molecule has 0 aliphatic heterocycles. The molecule has 12 nitrogen and oxygen atoms in total. The largest absolute Gasteiger partial charge is 0.298 e. The lowest BCUT2D eigenvalue weighted by atomic mass is 9.97. The molecule has 0 radical (unpaired) electrons. The Morgan fingerprint density at radius 3 is 1.80 bits per heavy atom. The van der Waals surface area contributed by atoms with Gasteiger partial charge in [-0.05, 0) is 24.3 Å². The monoisotopic (exact) mass is 548 g/mol. The van der Waals surface area contributed by atoms with E-state index in [1.54, 1.807) is 60.7 Å². The normalized spacial score (nSPS) is 10.5. The SMILES string of the molecule is O=C(NNc1ccc([N+](=O)[O-])cc1)c1nn(-c2ccc([N+](=O)[O-])cc2)c(-c2ccccc2)c1C(=O)c1ccccc1. The number of carbonyl (C=O) groups is 2. The first kappa shape index (κ1) is 26.4. The molecule has 12 heteroatoms. The summed E-state index contributed by atoms with van der Waals surface area (Å²) in [7, 11) is 0. The van der Waals surface area contributed by atoms with Crippen molar-refractivity contribution >= 4 is 28.8 Å². The summed E-state index contributed by atoms with van der Waals surface area (Å²) in [5, 5.41) is 26.7. The van der Waals surface area contributed by atoms with E-state index in [9.17, 15) is 29.8 Å². The quantitative estimate of drug-likeness (QED) is 0.142. The van der Waals surface area contributed by atoms with E-state index in [1.165, 1.54) is 53.2 Å². The molecule has 1 heterocycles. The number of nitro groups is 2. The van der Waals surface area contributed by atoms with Gasteiger partial charge in [-0.15, -0.1) is 0 Å². The third kappa shape index (κ3) is 5.52. The average molecular weight is 549 g/mol. The third-order valence-electron chi connectivity index (χ3n) is 6.11. The van der Waals surface area contributed by atoms with Gasteiger partial charge in [0.25, 0.3) is 17.3 Å². The van der Waals surface area contributed by atoms with Gasteiger partial charge in [0.05, 0.1) is 32.5 Å². The van der Waals surface area contributed by atoms with E-state index in [4.69, 9.17) is 0 Å². The van der Waals surface area contributed by atoms with Crippen LogP contribution in [0.5, 0.6) is 0 Å². The number of hydrogen-bond acceptors (Lipinski definition) is 8. The van der Waals surface area contributed by atoms with Gasteiger partial charge in [0.2, 0.25) is 0 Å². The summed E-state index contributed by atoms with van der Waals surface area (Å²) < 4.78 is 1.40. The van der Waals surface area contributed by atoms with Crippen molar-refractivity contribution in [1.82, 2.24) is 15.2 Å². The lowest BCUT2D eigenvalue weighted by molar-refractivity contribution is -0.385. The van der Waals surface area contributed by atoms with Crippen LogP contribution >= 0.6 is 0 Å². The second-order valence-corrected chi connectivity index (χ2v) is 8.70. The third-order valence-corrected chi connectivity index (χ3v) is 6.11. The number of nitro benzene ring substituents is 2. The summed E-state index contributed by atoms with van der Waals surface area (Å²) in [6.07, 6.45) is 0. The Morgan fingerprint density at radius 2 is 1.24 bits per heavy atom. The van der Waals surface area contributed by atoms with Gasteiger partial charge in [-0.2, -0.15) is 5.10 Å². The molecule has 0 aliphatic rings. The molecule has 5 aromatic rings. The van der Waals surface area contributed by atoms with E-state index in [-0.39, 0.29) is 22.6 Å². The number of rotatable bonds is 9. The minimum Gasteiger partial charge on any atom is -0.298 e. The number of carbonyl (C=O) groups excluding carboxylic acids is 2. The van der Waals surface area contributed by atoms with E-state index in [0.717, 1.165) is 0 Å². The number of anilines is 1. The van der Waals surface area contributed by atoms with Gasteiger partial charge in [-0.1, -0.05) is 60.7 Å². The fourth-order valence-electron chi connectivity index (χ4n) is 4.15. The number of nitrogens with one attached hydrogen (secondary N) is 2. The minimum absolute atomic E-state index is 0.0174. The van der Waals surface area contributed by atoms with Crippen LogP contribution in [-0.2, 0) is 0 Å². The highest BCUT2D eigenvalue weighted by Crippen LogP contribution is 2.32. The van der Waals surface area contributed by atoms with Crippen LogP contribution < -0.4 is 10.9 Å². The van der Waals surface area contributed by atoms with Crippen molar-refractivity contribution in [2.45, 2.75) is 0 Å². The first-order chi connectivity index (χ1) is 19.8. The zero-order valence-corrected chi connectivity index (χ0v) is 21.1. The molecule has 0 fully saturated rings. The van der Waals surface area contributed by atoms with Crippen LogP contribution in [0.2, 0.25) is 0 Å². The van der Waals surface area contributed by atoms with Crippen molar-refractivity contribution in [2.75, 3.05) is 5.43 Å². The molecule has 0 saturated carbocycles. The van der Waals surface area contributed by atoms with E-state index in [2.05, 4.69) is 16.0 Å². The van der Waals surface area contributed by atoms with Gasteiger partial charge in [0, 0.05) is 35.4 Å². The van der Waals surface area contributed by atoms with Crippen molar-refractivity contribution in [2.24, 2.45) is 0 Å². The van der Waals surface area contributed by atoms with E-state index in [0.29, 0.717) is 28.2 Å². The smallest absolute Gasteiger partial charge is 0.290 e. The molecule has 0 aliphatic carbocycles. The van der Waals surface area contributed by atoms with Crippen LogP contribution in [0.3, 0.4) is 0 Å². The molecule has 1 aromatic heterocycles. The van der Waals surface area contributed by atoms with Gasteiger partial charge in [0.15, 0.2) is 11.5 Å². The molecule has 0 bridgehead atoms. The molecule has 0 atom stereocenters. The van der Waals surface area contributed by atoms with Gasteiger partial charge in [-0.25, -0.2) is 4.68 Å². The lowest BCUT2D eigenvalue weighted by Gasteiger charge is -2.10. The summed E-state index contributed by atoms with van der Waals surface area (Å²) in [6, 6.07) is 28.2. The van der Waals surface area contributed by atoms with Crippen molar-refractivity contribution in [3.05, 3.63) is 146 Å². The molecule has 1 amide bonds. The molecular formula is C29H20N6O6. The predicted octanol–water partition coefficient (Wildman–Crippen LogP) is 5.34. The van der Waals surface area contributed by atoms with Crippen LogP contribution in [-0.4, -0.2) is 31.3 Å². The number of hydrogen-bond donors (Lipinski definition) is 2. The second-order valence-electron chi connectivity index (χ2n) is 8.70. The maximum Gasteiger partial charge on any atom is 0.290 e. The van der Waals surface area contributed by atoms with Gasteiger partial charge in [-0.3, -0.25) is 40.7 Å². The van der Waals surface area contributed by atoms with Gasteiger partial charge < -0.3 is 0 Å². The van der Waals surface area contributed by atoms with Gasteiger partial charge in [0.1, 0.15) is 0 Å². The summed E-state index contributed by atoms with van der Waals surface area (Å²) in [4.78, 5) is 48.5. The Labute approximate surface area is 232 Å². The Balaban J connectivity index is 1.63. The molecule has 2 N–H and O–H groups in total. The molecule has 0 spiro atoms. The molecule has 5 rings (SSSR count). The van der Waals surface area contributed by atoms with Crippen molar-refractivity contribution < 1.29 is 19.4 Å². The summed E-state index contributed by atoms with van der Waals surface area (Å²) >= 11 is 0. The molecule has 202 valence electrons. The van der Waals surface area contributed by atoms with E-state index in [1.807, 2.05) is 0 Å². The number of benzene rings is 4. The Kier molecular flexibility index (Phi) is 7.28. The fourth-order valence-corrected chi connectivity index (χ4v) is 4.15. The number of hydrazine groups is 1.